The normalized spacial score (nSPS) is 12.4. The van der Waals surface area contributed by atoms with Gasteiger partial charge in [0.25, 0.3) is 0 Å². The molecule has 0 aliphatic rings. The molecule has 0 fully saturated rings. The molecule has 0 radical (unpaired) electrons. The van der Waals surface area contributed by atoms with Crippen molar-refractivity contribution in [2.24, 2.45) is 0 Å². The van der Waals surface area contributed by atoms with Crippen molar-refractivity contribution >= 4 is 23.0 Å². The smallest absolute Gasteiger partial charge is 0.408 e. The summed E-state index contributed by atoms with van der Waals surface area (Å²) in [5.41, 5.74) is 3.24. The molecule has 1 amide bonds. The third-order valence-corrected chi connectivity index (χ3v) is 4.58. The predicted molar refractivity (Wildman–Crippen MR) is 116 cm³/mol. The molecule has 0 aliphatic heterocycles. The average molecular weight is 408 g/mol. The highest BCUT2D eigenvalue weighted by molar-refractivity contribution is 5.86. The Labute approximate surface area is 176 Å². The second kappa shape index (κ2) is 9.03. The Balaban J connectivity index is 1.74. The van der Waals surface area contributed by atoms with Crippen LogP contribution in [0.25, 0.3) is 10.9 Å². The van der Waals surface area contributed by atoms with Crippen LogP contribution in [0, 0.1) is 6.92 Å². The number of rotatable bonds is 6. The van der Waals surface area contributed by atoms with Gasteiger partial charge >= 0.3 is 12.1 Å². The predicted octanol–water partition coefficient (Wildman–Crippen LogP) is 4.66. The number of aromatic amines is 1. The van der Waals surface area contributed by atoms with E-state index in [0.717, 1.165) is 27.6 Å². The molecule has 0 saturated carbocycles. The molecule has 1 atom stereocenters. The van der Waals surface area contributed by atoms with Gasteiger partial charge in [0.2, 0.25) is 0 Å². The summed E-state index contributed by atoms with van der Waals surface area (Å²) < 4.78 is 10.8. The summed E-state index contributed by atoms with van der Waals surface area (Å²) in [6, 6.07) is 14.7. The number of para-hydroxylation sites is 1. The maximum Gasteiger partial charge on any atom is 0.408 e. The Bertz CT molecular complexity index is 1020. The summed E-state index contributed by atoms with van der Waals surface area (Å²) in [7, 11) is 0. The average Bonchev–Trinajstić information content (AvgIpc) is 3.08. The maximum atomic E-state index is 12.8. The maximum absolute atomic E-state index is 12.8. The van der Waals surface area contributed by atoms with Gasteiger partial charge in [-0.1, -0.05) is 48.0 Å². The Hall–Kier alpha value is -3.28. The van der Waals surface area contributed by atoms with Gasteiger partial charge in [0.15, 0.2) is 0 Å². The number of esters is 1. The lowest BCUT2D eigenvalue weighted by atomic mass is 10.1. The molecular weight excluding hydrogens is 380 g/mol. The van der Waals surface area contributed by atoms with Crippen molar-refractivity contribution in [3.8, 4) is 0 Å². The highest BCUT2D eigenvalue weighted by Gasteiger charge is 2.27. The van der Waals surface area contributed by atoms with E-state index in [4.69, 9.17) is 9.47 Å². The van der Waals surface area contributed by atoms with Gasteiger partial charge in [-0.05, 0) is 44.9 Å². The summed E-state index contributed by atoms with van der Waals surface area (Å²) >= 11 is 0. The number of H-pyrrole nitrogens is 1. The molecule has 1 heterocycles. The van der Waals surface area contributed by atoms with Crippen LogP contribution >= 0.6 is 0 Å². The first kappa shape index (κ1) is 21.4. The standard InChI is InChI=1S/C24H28N2O4/c1-16-9-11-17(12-10-16)15-29-22(27)21(26-23(28)30-24(2,3)4)13-18-14-25-20-8-6-5-7-19(18)20/h5-12,14,21,25H,13,15H2,1-4H3,(H,26,28)/t21-/m0/s1. The first-order valence-electron chi connectivity index (χ1n) is 9.98. The SMILES string of the molecule is Cc1ccc(COC(=O)[C@H](Cc2c[nH]c3ccccc23)NC(=O)OC(C)(C)C)cc1. The van der Waals surface area contributed by atoms with E-state index in [2.05, 4.69) is 10.3 Å². The molecule has 6 nitrogen and oxygen atoms in total. The Morgan fingerprint density at radius 2 is 1.77 bits per heavy atom. The van der Waals surface area contributed by atoms with Gasteiger partial charge in [0, 0.05) is 23.5 Å². The van der Waals surface area contributed by atoms with Gasteiger partial charge in [0.1, 0.15) is 18.2 Å². The van der Waals surface area contributed by atoms with Crippen LogP contribution in [-0.2, 0) is 27.3 Å². The minimum atomic E-state index is -0.871. The molecule has 3 rings (SSSR count). The number of ether oxygens (including phenoxy) is 2. The molecule has 0 bridgehead atoms. The third-order valence-electron chi connectivity index (χ3n) is 4.58. The minimum Gasteiger partial charge on any atom is -0.459 e. The molecule has 0 spiro atoms. The number of benzene rings is 2. The van der Waals surface area contributed by atoms with Crippen molar-refractivity contribution in [2.45, 2.75) is 52.4 Å². The number of carbonyl (C=O) groups excluding carboxylic acids is 2. The summed E-state index contributed by atoms with van der Waals surface area (Å²) in [4.78, 5) is 28.4. The fraction of sp³-hybridized carbons (Fsp3) is 0.333. The number of nitrogens with one attached hydrogen (secondary N) is 2. The number of carbonyl (C=O) groups is 2. The first-order valence-corrected chi connectivity index (χ1v) is 9.98. The summed E-state index contributed by atoms with van der Waals surface area (Å²) in [5.74, 6) is -0.508. The van der Waals surface area contributed by atoms with Gasteiger partial charge in [-0.3, -0.25) is 0 Å². The summed E-state index contributed by atoms with van der Waals surface area (Å²) in [5, 5.41) is 3.67. The molecule has 6 heteroatoms. The molecule has 2 N–H and O–H groups in total. The van der Waals surface area contributed by atoms with Crippen molar-refractivity contribution in [1.29, 1.82) is 0 Å². The highest BCUT2D eigenvalue weighted by atomic mass is 16.6. The molecule has 1 aromatic heterocycles. The number of fused-ring (bicyclic) bond motifs is 1. The zero-order valence-electron chi connectivity index (χ0n) is 17.8. The Morgan fingerprint density at radius 3 is 2.47 bits per heavy atom. The molecule has 0 saturated heterocycles. The lowest BCUT2D eigenvalue weighted by molar-refractivity contribution is -0.147. The molecule has 3 aromatic rings. The first-order chi connectivity index (χ1) is 14.2. The van der Waals surface area contributed by atoms with E-state index in [9.17, 15) is 9.59 Å². The van der Waals surface area contributed by atoms with E-state index in [1.54, 1.807) is 20.8 Å². The zero-order chi connectivity index (χ0) is 21.7. The number of aryl methyl sites for hydroxylation is 1. The number of hydrogen-bond donors (Lipinski definition) is 2. The number of aromatic nitrogens is 1. The zero-order valence-corrected chi connectivity index (χ0v) is 17.8. The fourth-order valence-corrected chi connectivity index (χ4v) is 3.10. The molecule has 0 unspecified atom stereocenters. The van der Waals surface area contributed by atoms with Gasteiger partial charge < -0.3 is 19.8 Å². The van der Waals surface area contributed by atoms with Crippen LogP contribution < -0.4 is 5.32 Å². The van der Waals surface area contributed by atoms with Crippen molar-refractivity contribution < 1.29 is 19.1 Å². The molecular formula is C24H28N2O4. The van der Waals surface area contributed by atoms with E-state index in [0.29, 0.717) is 0 Å². The van der Waals surface area contributed by atoms with Gasteiger partial charge in [-0.2, -0.15) is 0 Å². The monoisotopic (exact) mass is 408 g/mol. The van der Waals surface area contributed by atoms with Gasteiger partial charge in [-0.25, -0.2) is 9.59 Å². The highest BCUT2D eigenvalue weighted by Crippen LogP contribution is 2.20. The van der Waals surface area contributed by atoms with Gasteiger partial charge in [0.05, 0.1) is 0 Å². The minimum absolute atomic E-state index is 0.138. The van der Waals surface area contributed by atoms with Crippen LogP contribution in [0.15, 0.2) is 54.7 Å². The van der Waals surface area contributed by atoms with Crippen LogP contribution in [0.5, 0.6) is 0 Å². The molecule has 30 heavy (non-hydrogen) atoms. The van der Waals surface area contributed by atoms with Crippen LogP contribution in [-0.4, -0.2) is 28.7 Å². The van der Waals surface area contributed by atoms with E-state index in [-0.39, 0.29) is 13.0 Å². The van der Waals surface area contributed by atoms with E-state index in [1.165, 1.54) is 0 Å². The molecule has 158 valence electrons. The lowest BCUT2D eigenvalue weighted by Gasteiger charge is -2.23. The van der Waals surface area contributed by atoms with Crippen LogP contribution in [0.2, 0.25) is 0 Å². The summed E-state index contributed by atoms with van der Waals surface area (Å²) in [6.07, 6.45) is 1.48. The third kappa shape index (κ3) is 5.86. The second-order valence-corrected chi connectivity index (χ2v) is 8.36. The largest absolute Gasteiger partial charge is 0.459 e. The lowest BCUT2D eigenvalue weighted by Crippen LogP contribution is -2.45. The van der Waals surface area contributed by atoms with Crippen LogP contribution in [0.1, 0.15) is 37.5 Å². The molecule has 0 aliphatic carbocycles. The van der Waals surface area contributed by atoms with E-state index < -0.39 is 23.7 Å². The van der Waals surface area contributed by atoms with E-state index in [1.807, 2.05) is 61.7 Å². The van der Waals surface area contributed by atoms with Crippen molar-refractivity contribution in [3.63, 3.8) is 0 Å². The Kier molecular flexibility index (Phi) is 6.45. The second-order valence-electron chi connectivity index (χ2n) is 8.36. The number of hydrogen-bond acceptors (Lipinski definition) is 4. The number of alkyl carbamates (subject to hydrolysis) is 1. The van der Waals surface area contributed by atoms with Gasteiger partial charge in [-0.15, -0.1) is 0 Å². The van der Waals surface area contributed by atoms with Crippen LogP contribution in [0.4, 0.5) is 4.79 Å². The number of amides is 1. The molecule has 2 aromatic carbocycles. The van der Waals surface area contributed by atoms with Crippen molar-refractivity contribution in [3.05, 3.63) is 71.4 Å². The fourth-order valence-electron chi connectivity index (χ4n) is 3.10. The Morgan fingerprint density at radius 1 is 1.07 bits per heavy atom. The summed E-state index contributed by atoms with van der Waals surface area (Å²) in [6.45, 7) is 7.46. The van der Waals surface area contributed by atoms with Crippen molar-refractivity contribution in [2.75, 3.05) is 0 Å². The quantitative estimate of drug-likeness (QED) is 0.582. The van der Waals surface area contributed by atoms with Crippen molar-refractivity contribution in [1.82, 2.24) is 10.3 Å². The topological polar surface area (TPSA) is 80.4 Å². The van der Waals surface area contributed by atoms with Crippen LogP contribution in [0.3, 0.4) is 0 Å². The van der Waals surface area contributed by atoms with E-state index >= 15 is 0 Å².